The molecule has 0 aliphatic heterocycles. The van der Waals surface area contributed by atoms with Gasteiger partial charge in [-0.3, -0.25) is 0 Å². The van der Waals surface area contributed by atoms with Crippen molar-refractivity contribution < 1.29 is 4.52 Å². The lowest BCUT2D eigenvalue weighted by Gasteiger charge is -2.14. The third-order valence-corrected chi connectivity index (χ3v) is 2.09. The van der Waals surface area contributed by atoms with Gasteiger partial charge in [-0.15, -0.1) is 0 Å². The molecule has 3 nitrogen and oxygen atoms in total. The Morgan fingerprint density at radius 1 is 1.21 bits per heavy atom. The van der Waals surface area contributed by atoms with Crippen molar-refractivity contribution in [2.75, 3.05) is 11.9 Å². The molecule has 0 fully saturated rings. The summed E-state index contributed by atoms with van der Waals surface area (Å²) < 4.78 is 5.16. The topological polar surface area (TPSA) is 29.3 Å². The highest BCUT2D eigenvalue weighted by molar-refractivity contribution is 5.57. The van der Waals surface area contributed by atoms with Crippen molar-refractivity contribution in [3.63, 3.8) is 0 Å². The molecule has 2 aromatic rings. The van der Waals surface area contributed by atoms with E-state index in [0.29, 0.717) is 0 Å². The highest BCUT2D eigenvalue weighted by Crippen LogP contribution is 2.23. The zero-order valence-corrected chi connectivity index (χ0v) is 8.27. The van der Waals surface area contributed by atoms with Crippen LogP contribution < -0.4 is 4.90 Å². The number of rotatable bonds is 2. The van der Waals surface area contributed by atoms with E-state index in [4.69, 9.17) is 4.52 Å². The molecule has 14 heavy (non-hydrogen) atoms. The van der Waals surface area contributed by atoms with E-state index in [0.717, 1.165) is 17.3 Å². The minimum atomic E-state index is 0.758. The Morgan fingerprint density at radius 3 is 2.50 bits per heavy atom. The Hall–Kier alpha value is -1.77. The second kappa shape index (κ2) is 3.54. The summed E-state index contributed by atoms with van der Waals surface area (Å²) in [5, 5.41) is 3.85. The highest BCUT2D eigenvalue weighted by Gasteiger charge is 2.07. The zero-order chi connectivity index (χ0) is 9.97. The molecule has 1 heterocycles. The fraction of sp³-hybridized carbons (Fsp3) is 0.182. The van der Waals surface area contributed by atoms with Gasteiger partial charge in [-0.05, 0) is 19.1 Å². The summed E-state index contributed by atoms with van der Waals surface area (Å²) in [6.45, 7) is 1.91. The number of nitrogens with zero attached hydrogens (tertiary/aromatic N) is 2. The van der Waals surface area contributed by atoms with Crippen molar-refractivity contribution in [2.24, 2.45) is 0 Å². The standard InChI is InChI=1S/C11H12N2O/c1-9-8-11(14-12-9)13(2)10-6-4-3-5-7-10/h3-8H,1-2H3. The van der Waals surface area contributed by atoms with Gasteiger partial charge in [0.25, 0.3) is 0 Å². The van der Waals surface area contributed by atoms with E-state index in [2.05, 4.69) is 5.16 Å². The van der Waals surface area contributed by atoms with Crippen LogP contribution in [0.3, 0.4) is 0 Å². The number of para-hydroxylation sites is 1. The normalized spacial score (nSPS) is 10.1. The van der Waals surface area contributed by atoms with Gasteiger partial charge in [0, 0.05) is 18.8 Å². The summed E-state index contributed by atoms with van der Waals surface area (Å²) in [4.78, 5) is 1.96. The van der Waals surface area contributed by atoms with E-state index < -0.39 is 0 Å². The number of anilines is 2. The minimum Gasteiger partial charge on any atom is -0.338 e. The average Bonchev–Trinajstić information content (AvgIpc) is 2.65. The molecule has 72 valence electrons. The lowest BCUT2D eigenvalue weighted by atomic mass is 10.3. The van der Waals surface area contributed by atoms with Gasteiger partial charge in [0.1, 0.15) is 0 Å². The maximum absolute atomic E-state index is 5.16. The Balaban J connectivity index is 2.29. The fourth-order valence-electron chi connectivity index (χ4n) is 1.29. The summed E-state index contributed by atoms with van der Waals surface area (Å²) in [5.41, 5.74) is 1.98. The van der Waals surface area contributed by atoms with Crippen LogP contribution in [0.4, 0.5) is 11.6 Å². The van der Waals surface area contributed by atoms with Crippen LogP contribution in [-0.4, -0.2) is 12.2 Å². The Labute approximate surface area is 82.9 Å². The van der Waals surface area contributed by atoms with Crippen molar-refractivity contribution in [3.8, 4) is 0 Å². The maximum atomic E-state index is 5.16. The van der Waals surface area contributed by atoms with Crippen LogP contribution in [0, 0.1) is 6.92 Å². The summed E-state index contributed by atoms with van der Waals surface area (Å²) in [7, 11) is 1.95. The maximum Gasteiger partial charge on any atom is 0.231 e. The first-order valence-corrected chi connectivity index (χ1v) is 4.49. The average molecular weight is 188 g/mol. The molecule has 2 rings (SSSR count). The van der Waals surface area contributed by atoms with Gasteiger partial charge in [-0.2, -0.15) is 0 Å². The van der Waals surface area contributed by atoms with Gasteiger partial charge < -0.3 is 9.42 Å². The van der Waals surface area contributed by atoms with Crippen LogP contribution in [0.15, 0.2) is 40.9 Å². The van der Waals surface area contributed by atoms with Crippen LogP contribution in [0.2, 0.25) is 0 Å². The quantitative estimate of drug-likeness (QED) is 0.725. The smallest absolute Gasteiger partial charge is 0.231 e. The Kier molecular flexibility index (Phi) is 2.23. The largest absolute Gasteiger partial charge is 0.338 e. The SMILES string of the molecule is Cc1cc(N(C)c2ccccc2)on1. The van der Waals surface area contributed by atoms with Crippen LogP contribution in [-0.2, 0) is 0 Å². The zero-order valence-electron chi connectivity index (χ0n) is 8.27. The second-order valence-electron chi connectivity index (χ2n) is 3.20. The predicted octanol–water partition coefficient (Wildman–Crippen LogP) is 2.75. The van der Waals surface area contributed by atoms with Gasteiger partial charge >= 0.3 is 0 Å². The summed E-state index contributed by atoms with van der Waals surface area (Å²) in [6, 6.07) is 11.9. The molecule has 1 aromatic heterocycles. The van der Waals surface area contributed by atoms with Crippen molar-refractivity contribution >= 4 is 11.6 Å². The van der Waals surface area contributed by atoms with E-state index in [1.807, 2.05) is 55.3 Å². The first kappa shape index (κ1) is 8.81. The number of benzene rings is 1. The molecule has 1 aromatic carbocycles. The van der Waals surface area contributed by atoms with E-state index in [9.17, 15) is 0 Å². The molecular formula is C11H12N2O. The summed E-state index contributed by atoms with van der Waals surface area (Å²) >= 11 is 0. The van der Waals surface area contributed by atoms with Crippen LogP contribution in [0.25, 0.3) is 0 Å². The van der Waals surface area contributed by atoms with Gasteiger partial charge in [0.2, 0.25) is 5.88 Å². The molecule has 0 spiro atoms. The Bertz CT molecular complexity index is 408. The van der Waals surface area contributed by atoms with E-state index in [1.165, 1.54) is 0 Å². The van der Waals surface area contributed by atoms with Crippen LogP contribution in [0.1, 0.15) is 5.69 Å². The molecule has 0 saturated heterocycles. The molecule has 0 unspecified atom stereocenters. The summed E-state index contributed by atoms with van der Waals surface area (Å²) in [5.74, 6) is 0.758. The van der Waals surface area contributed by atoms with Gasteiger partial charge in [-0.25, -0.2) is 0 Å². The van der Waals surface area contributed by atoms with E-state index >= 15 is 0 Å². The molecule has 0 aliphatic carbocycles. The second-order valence-corrected chi connectivity index (χ2v) is 3.20. The predicted molar refractivity (Wildman–Crippen MR) is 55.7 cm³/mol. The van der Waals surface area contributed by atoms with Crippen molar-refractivity contribution in [3.05, 3.63) is 42.1 Å². The summed E-state index contributed by atoms with van der Waals surface area (Å²) in [6.07, 6.45) is 0. The monoisotopic (exact) mass is 188 g/mol. The first-order valence-electron chi connectivity index (χ1n) is 4.49. The van der Waals surface area contributed by atoms with Gasteiger partial charge in [0.15, 0.2) is 0 Å². The fourth-order valence-corrected chi connectivity index (χ4v) is 1.29. The third-order valence-electron chi connectivity index (χ3n) is 2.09. The molecule has 0 aliphatic rings. The Morgan fingerprint density at radius 2 is 1.93 bits per heavy atom. The number of hydrogen-bond donors (Lipinski definition) is 0. The lowest BCUT2D eigenvalue weighted by Crippen LogP contribution is -2.07. The molecule has 0 radical (unpaired) electrons. The minimum absolute atomic E-state index is 0.758. The third kappa shape index (κ3) is 1.62. The van der Waals surface area contributed by atoms with Crippen molar-refractivity contribution in [2.45, 2.75) is 6.92 Å². The van der Waals surface area contributed by atoms with Gasteiger partial charge in [0.05, 0.1) is 5.69 Å². The van der Waals surface area contributed by atoms with Crippen LogP contribution in [0.5, 0.6) is 0 Å². The highest BCUT2D eigenvalue weighted by atomic mass is 16.5. The van der Waals surface area contributed by atoms with Crippen molar-refractivity contribution in [1.82, 2.24) is 5.16 Å². The molecule has 3 heteroatoms. The molecule has 0 N–H and O–H groups in total. The van der Waals surface area contributed by atoms with Gasteiger partial charge in [-0.1, -0.05) is 23.4 Å². The van der Waals surface area contributed by atoms with Crippen molar-refractivity contribution in [1.29, 1.82) is 0 Å². The number of hydrogen-bond acceptors (Lipinski definition) is 3. The molecular weight excluding hydrogens is 176 g/mol. The molecule has 0 bridgehead atoms. The molecule has 0 atom stereocenters. The molecule has 0 saturated carbocycles. The number of aryl methyl sites for hydroxylation is 1. The first-order chi connectivity index (χ1) is 6.77. The van der Waals surface area contributed by atoms with E-state index in [-0.39, 0.29) is 0 Å². The van der Waals surface area contributed by atoms with E-state index in [1.54, 1.807) is 0 Å². The number of aromatic nitrogens is 1. The lowest BCUT2D eigenvalue weighted by molar-refractivity contribution is 0.421. The van der Waals surface area contributed by atoms with Crippen LogP contribution >= 0.6 is 0 Å². The molecule has 0 amide bonds.